The van der Waals surface area contributed by atoms with Gasteiger partial charge in [-0.25, -0.2) is 8.78 Å². The number of fused-ring (bicyclic) bond motifs is 1. The van der Waals surface area contributed by atoms with Crippen molar-refractivity contribution < 1.29 is 18.4 Å². The fourth-order valence-corrected chi connectivity index (χ4v) is 5.15. The molecular formula is C34H33F2N5O3. The Labute approximate surface area is 253 Å². The smallest absolute Gasteiger partial charge is 0.275 e. The van der Waals surface area contributed by atoms with Gasteiger partial charge >= 0.3 is 0 Å². The van der Waals surface area contributed by atoms with Crippen LogP contribution in [0.1, 0.15) is 28.4 Å². The van der Waals surface area contributed by atoms with E-state index in [1.165, 1.54) is 39.8 Å². The van der Waals surface area contributed by atoms with Crippen LogP contribution in [0.4, 0.5) is 14.5 Å². The first-order valence-corrected chi connectivity index (χ1v) is 14.1. The molecule has 1 atom stereocenters. The summed E-state index contributed by atoms with van der Waals surface area (Å²) in [4.78, 5) is 40.7. The number of hydrogen-bond acceptors (Lipinski definition) is 4. The standard InChI is InChI=1S/C34H33F2N5O3/c1-20-18-40(31-11-9-25(35)17-28(20)31)27-14-22(13-26(36)16-27)19-41-30(23-7-6-8-24(15-23)33(43)39(4)5)12-10-29(34(41)44)38-32(42)21(2)37-3/h6-18,21,37H,19H2,1-5H3,(H,38,42). The number of likely N-dealkylation sites (N-methyl/N-ethyl adjacent to an activating group) is 1. The number of aryl methyl sites for hydroxylation is 1. The second kappa shape index (κ2) is 12.3. The van der Waals surface area contributed by atoms with E-state index in [0.717, 1.165) is 5.56 Å². The number of carbonyl (C=O) groups excluding carboxylic acids is 2. The quantitative estimate of drug-likeness (QED) is 0.253. The lowest BCUT2D eigenvalue weighted by atomic mass is 10.1. The van der Waals surface area contributed by atoms with E-state index in [2.05, 4.69) is 10.6 Å². The molecule has 0 saturated carbocycles. The number of nitrogens with one attached hydrogen (secondary N) is 2. The average Bonchev–Trinajstić information content (AvgIpc) is 3.33. The van der Waals surface area contributed by atoms with Crippen LogP contribution in [0, 0.1) is 18.6 Å². The Morgan fingerprint density at radius 2 is 1.73 bits per heavy atom. The van der Waals surface area contributed by atoms with Gasteiger partial charge in [-0.1, -0.05) is 12.1 Å². The molecule has 0 aliphatic rings. The molecule has 0 fully saturated rings. The van der Waals surface area contributed by atoms with E-state index in [1.807, 2.05) is 13.1 Å². The molecule has 2 amide bonds. The Morgan fingerprint density at radius 1 is 0.955 bits per heavy atom. The molecule has 0 radical (unpaired) electrons. The highest BCUT2D eigenvalue weighted by Gasteiger charge is 2.18. The van der Waals surface area contributed by atoms with Crippen LogP contribution in [-0.4, -0.2) is 53.0 Å². The second-order valence-corrected chi connectivity index (χ2v) is 11.0. The van der Waals surface area contributed by atoms with Crippen molar-refractivity contribution >= 4 is 28.4 Å². The van der Waals surface area contributed by atoms with Gasteiger partial charge in [0.25, 0.3) is 11.5 Å². The van der Waals surface area contributed by atoms with Gasteiger partial charge in [-0.3, -0.25) is 14.4 Å². The van der Waals surface area contributed by atoms with Gasteiger partial charge in [-0.05, 0) is 98.2 Å². The molecule has 1 unspecified atom stereocenters. The van der Waals surface area contributed by atoms with Crippen LogP contribution in [0.15, 0.2) is 83.8 Å². The zero-order valence-electron chi connectivity index (χ0n) is 25.1. The van der Waals surface area contributed by atoms with Crippen LogP contribution in [-0.2, 0) is 11.3 Å². The summed E-state index contributed by atoms with van der Waals surface area (Å²) >= 11 is 0. The van der Waals surface area contributed by atoms with Crippen LogP contribution >= 0.6 is 0 Å². The van der Waals surface area contributed by atoms with Gasteiger partial charge in [0, 0.05) is 36.9 Å². The van der Waals surface area contributed by atoms with Gasteiger partial charge in [0.2, 0.25) is 5.91 Å². The summed E-state index contributed by atoms with van der Waals surface area (Å²) in [6, 6.07) is 18.5. The number of benzene rings is 3. The van der Waals surface area contributed by atoms with E-state index in [4.69, 9.17) is 0 Å². The Morgan fingerprint density at radius 3 is 2.45 bits per heavy atom. The van der Waals surface area contributed by atoms with Gasteiger partial charge in [0.15, 0.2) is 0 Å². The fraction of sp³-hybridized carbons (Fsp3) is 0.206. The summed E-state index contributed by atoms with van der Waals surface area (Å²) in [5, 5.41) is 6.24. The summed E-state index contributed by atoms with van der Waals surface area (Å²) in [5.41, 5.74) is 3.61. The number of aromatic nitrogens is 2. The molecule has 8 nitrogen and oxygen atoms in total. The van der Waals surface area contributed by atoms with Crippen LogP contribution in [0.5, 0.6) is 0 Å². The van der Waals surface area contributed by atoms with Gasteiger partial charge in [-0.2, -0.15) is 0 Å². The molecule has 0 saturated heterocycles. The molecule has 3 aromatic carbocycles. The molecule has 10 heteroatoms. The number of hydrogen-bond donors (Lipinski definition) is 2. The van der Waals surface area contributed by atoms with Crippen LogP contribution in [0.3, 0.4) is 0 Å². The first-order valence-electron chi connectivity index (χ1n) is 14.1. The molecule has 0 aliphatic heterocycles. The van der Waals surface area contributed by atoms with E-state index < -0.39 is 17.4 Å². The lowest BCUT2D eigenvalue weighted by molar-refractivity contribution is -0.117. The molecule has 2 N–H and O–H groups in total. The summed E-state index contributed by atoms with van der Waals surface area (Å²) in [7, 11) is 4.95. The van der Waals surface area contributed by atoms with Crippen LogP contribution in [0.25, 0.3) is 27.8 Å². The van der Waals surface area contributed by atoms with Gasteiger partial charge in [0.05, 0.1) is 23.8 Å². The molecule has 5 rings (SSSR count). The monoisotopic (exact) mass is 597 g/mol. The zero-order valence-corrected chi connectivity index (χ0v) is 25.1. The third-order valence-electron chi connectivity index (χ3n) is 7.60. The van der Waals surface area contributed by atoms with Crippen molar-refractivity contribution in [2.75, 3.05) is 26.5 Å². The Balaban J connectivity index is 1.64. The lowest BCUT2D eigenvalue weighted by Crippen LogP contribution is -2.37. The first-order chi connectivity index (χ1) is 21.0. The Hall–Kier alpha value is -5.09. The van der Waals surface area contributed by atoms with Crippen molar-refractivity contribution in [3.05, 3.63) is 118 Å². The summed E-state index contributed by atoms with van der Waals surface area (Å²) in [5.74, 6) is -1.46. The zero-order chi connectivity index (χ0) is 31.7. The van der Waals surface area contributed by atoms with Crippen molar-refractivity contribution in [1.29, 1.82) is 0 Å². The van der Waals surface area contributed by atoms with Crippen molar-refractivity contribution in [3.8, 4) is 16.9 Å². The second-order valence-electron chi connectivity index (χ2n) is 11.0. The topological polar surface area (TPSA) is 88.4 Å². The van der Waals surface area contributed by atoms with Gasteiger partial charge < -0.3 is 24.7 Å². The minimum atomic E-state index is -0.546. The van der Waals surface area contributed by atoms with E-state index in [-0.39, 0.29) is 29.9 Å². The highest BCUT2D eigenvalue weighted by atomic mass is 19.1. The Bertz CT molecular complexity index is 1960. The maximum absolute atomic E-state index is 15.1. The number of anilines is 1. The summed E-state index contributed by atoms with van der Waals surface area (Å²) in [6.45, 7) is 3.49. The third kappa shape index (κ3) is 6.02. The van der Waals surface area contributed by atoms with Crippen LogP contribution in [0.2, 0.25) is 0 Å². The van der Waals surface area contributed by atoms with Crippen molar-refractivity contribution in [2.24, 2.45) is 0 Å². The first kappa shape index (κ1) is 30.4. The summed E-state index contributed by atoms with van der Waals surface area (Å²) < 4.78 is 32.3. The van der Waals surface area contributed by atoms with E-state index in [0.29, 0.717) is 39.0 Å². The predicted octanol–water partition coefficient (Wildman–Crippen LogP) is 5.34. The SMILES string of the molecule is CNC(C)C(=O)Nc1ccc(-c2cccc(C(=O)N(C)C)c2)n(Cc2cc(F)cc(-n3cc(C)c4cc(F)ccc43)c2)c1=O. The number of nitrogens with zero attached hydrogens (tertiary/aromatic N) is 3. The third-order valence-corrected chi connectivity index (χ3v) is 7.60. The molecule has 0 aliphatic carbocycles. The maximum Gasteiger partial charge on any atom is 0.275 e. The fourth-order valence-electron chi connectivity index (χ4n) is 5.15. The molecule has 2 aromatic heterocycles. The van der Waals surface area contributed by atoms with Gasteiger partial charge in [0.1, 0.15) is 17.3 Å². The number of carbonyl (C=O) groups is 2. The maximum atomic E-state index is 15.1. The van der Waals surface area contributed by atoms with Gasteiger partial charge in [-0.15, -0.1) is 0 Å². The largest absolute Gasteiger partial charge is 0.345 e. The number of pyridine rings is 1. The Kier molecular flexibility index (Phi) is 8.46. The normalized spacial score (nSPS) is 11.9. The molecule has 44 heavy (non-hydrogen) atoms. The van der Waals surface area contributed by atoms with Crippen molar-refractivity contribution in [1.82, 2.24) is 19.4 Å². The minimum absolute atomic E-state index is 0.0388. The van der Waals surface area contributed by atoms with E-state index in [1.54, 1.807) is 75.1 Å². The number of rotatable bonds is 8. The molecular weight excluding hydrogens is 564 g/mol. The molecule has 0 spiro atoms. The highest BCUT2D eigenvalue weighted by molar-refractivity contribution is 5.96. The minimum Gasteiger partial charge on any atom is -0.345 e. The van der Waals surface area contributed by atoms with Crippen molar-refractivity contribution in [3.63, 3.8) is 0 Å². The number of halogens is 2. The highest BCUT2D eigenvalue weighted by Crippen LogP contribution is 2.28. The van der Waals surface area contributed by atoms with Crippen molar-refractivity contribution in [2.45, 2.75) is 26.4 Å². The predicted molar refractivity (Wildman–Crippen MR) is 168 cm³/mol. The summed E-state index contributed by atoms with van der Waals surface area (Å²) in [6.07, 6.45) is 1.81. The molecule has 2 heterocycles. The van der Waals surface area contributed by atoms with E-state index >= 15 is 4.39 Å². The molecule has 226 valence electrons. The van der Waals surface area contributed by atoms with Crippen LogP contribution < -0.4 is 16.2 Å². The lowest BCUT2D eigenvalue weighted by Gasteiger charge is -2.18. The molecule has 0 bridgehead atoms. The average molecular weight is 598 g/mol. The number of amides is 2. The van der Waals surface area contributed by atoms with E-state index in [9.17, 15) is 18.8 Å². The molecule has 5 aromatic rings.